The van der Waals surface area contributed by atoms with E-state index in [-0.39, 0.29) is 17.6 Å². The highest BCUT2D eigenvalue weighted by Gasteiger charge is 2.26. The molecule has 192 valence electrons. The zero-order valence-corrected chi connectivity index (χ0v) is 22.6. The van der Waals surface area contributed by atoms with E-state index in [4.69, 9.17) is 9.47 Å². The van der Waals surface area contributed by atoms with Crippen LogP contribution in [0.1, 0.15) is 60.3 Å². The number of methoxy groups -OCH3 is 1. The molecule has 3 aromatic rings. The molecule has 0 spiro atoms. The second-order valence-electron chi connectivity index (χ2n) is 8.46. The fourth-order valence-corrected chi connectivity index (χ4v) is 6.48. The van der Waals surface area contributed by atoms with Gasteiger partial charge >= 0.3 is 5.97 Å². The largest absolute Gasteiger partial charge is 0.494 e. The first kappa shape index (κ1) is 26.2. The molecule has 10 heteroatoms. The molecule has 0 saturated carbocycles. The van der Waals surface area contributed by atoms with Crippen molar-refractivity contribution in [2.45, 2.75) is 64.1 Å². The number of esters is 1. The van der Waals surface area contributed by atoms with Crippen LogP contribution in [-0.2, 0) is 28.9 Å². The predicted molar refractivity (Wildman–Crippen MR) is 143 cm³/mol. The number of anilines is 1. The van der Waals surface area contributed by atoms with Crippen LogP contribution in [0.4, 0.5) is 5.00 Å². The van der Waals surface area contributed by atoms with Crippen molar-refractivity contribution < 1.29 is 19.1 Å². The van der Waals surface area contributed by atoms with Gasteiger partial charge in [0.15, 0.2) is 11.0 Å². The fourth-order valence-electron chi connectivity index (χ4n) is 4.38. The van der Waals surface area contributed by atoms with E-state index in [0.717, 1.165) is 54.8 Å². The Morgan fingerprint density at radius 3 is 2.53 bits per heavy atom. The van der Waals surface area contributed by atoms with Crippen molar-refractivity contribution >= 4 is 40.0 Å². The fraction of sp³-hybridized carbons (Fsp3) is 0.462. The molecule has 4 rings (SSSR count). The van der Waals surface area contributed by atoms with Gasteiger partial charge in [-0.1, -0.05) is 24.6 Å². The van der Waals surface area contributed by atoms with Gasteiger partial charge in [0.25, 0.3) is 0 Å². The molecule has 0 radical (unpaired) electrons. The number of amides is 1. The molecule has 0 atom stereocenters. The van der Waals surface area contributed by atoms with Crippen molar-refractivity contribution in [2.75, 3.05) is 24.8 Å². The number of ether oxygens (including phenoxy) is 2. The van der Waals surface area contributed by atoms with Gasteiger partial charge in [-0.3, -0.25) is 4.79 Å². The number of carbonyl (C=O) groups is 2. The average Bonchev–Trinajstić information content (AvgIpc) is 3.43. The minimum atomic E-state index is -0.387. The zero-order valence-electron chi connectivity index (χ0n) is 21.0. The summed E-state index contributed by atoms with van der Waals surface area (Å²) in [5, 5.41) is 12.9. The molecule has 2 aromatic heterocycles. The number of benzene rings is 1. The molecule has 1 aromatic carbocycles. The van der Waals surface area contributed by atoms with Crippen molar-refractivity contribution in [1.82, 2.24) is 14.8 Å². The highest BCUT2D eigenvalue weighted by molar-refractivity contribution is 7.99. The van der Waals surface area contributed by atoms with E-state index in [1.165, 1.54) is 41.5 Å². The monoisotopic (exact) mass is 528 g/mol. The van der Waals surface area contributed by atoms with Crippen LogP contribution in [0, 0.1) is 0 Å². The number of thioether (sulfide) groups is 1. The lowest BCUT2D eigenvalue weighted by Gasteiger charge is -2.11. The Labute approximate surface area is 219 Å². The van der Waals surface area contributed by atoms with E-state index in [0.29, 0.717) is 28.9 Å². The zero-order chi connectivity index (χ0) is 25.5. The van der Waals surface area contributed by atoms with Crippen molar-refractivity contribution in [3.63, 3.8) is 0 Å². The first-order valence-electron chi connectivity index (χ1n) is 12.4. The lowest BCUT2D eigenvalue weighted by molar-refractivity contribution is -0.113. The molecule has 0 bridgehead atoms. The number of hydrogen-bond acceptors (Lipinski definition) is 8. The van der Waals surface area contributed by atoms with Gasteiger partial charge in [-0.25, -0.2) is 4.79 Å². The maximum absolute atomic E-state index is 12.9. The van der Waals surface area contributed by atoms with Gasteiger partial charge in [0.1, 0.15) is 10.8 Å². The quantitative estimate of drug-likeness (QED) is 0.285. The highest BCUT2D eigenvalue weighted by Crippen LogP contribution is 2.37. The Morgan fingerprint density at radius 1 is 1.08 bits per heavy atom. The number of hydrogen-bond donors (Lipinski definition) is 1. The summed E-state index contributed by atoms with van der Waals surface area (Å²) in [6.45, 7) is 5.26. The summed E-state index contributed by atoms with van der Waals surface area (Å²) in [5.74, 6) is 1.14. The number of carbonyl (C=O) groups excluding carboxylic acids is 2. The van der Waals surface area contributed by atoms with Gasteiger partial charge in [-0.2, -0.15) is 0 Å². The van der Waals surface area contributed by atoms with E-state index in [2.05, 4.69) is 15.5 Å². The van der Waals surface area contributed by atoms with Crippen LogP contribution < -0.4 is 10.1 Å². The third kappa shape index (κ3) is 5.92. The molecule has 0 unspecified atom stereocenters. The number of nitrogens with one attached hydrogen (secondary N) is 1. The third-order valence-electron chi connectivity index (χ3n) is 6.10. The van der Waals surface area contributed by atoms with Crippen molar-refractivity contribution in [3.8, 4) is 17.1 Å². The van der Waals surface area contributed by atoms with Gasteiger partial charge in [0.2, 0.25) is 5.91 Å². The molecule has 0 saturated heterocycles. The lowest BCUT2D eigenvalue weighted by Crippen LogP contribution is -2.17. The highest BCUT2D eigenvalue weighted by atomic mass is 32.2. The minimum absolute atomic E-state index is 0.157. The molecular formula is C26H32N4O4S2. The van der Waals surface area contributed by atoms with Gasteiger partial charge in [-0.15, -0.1) is 21.5 Å². The van der Waals surface area contributed by atoms with Gasteiger partial charge < -0.3 is 19.4 Å². The summed E-state index contributed by atoms with van der Waals surface area (Å²) >= 11 is 2.83. The molecule has 36 heavy (non-hydrogen) atoms. The maximum Gasteiger partial charge on any atom is 0.341 e. The summed E-state index contributed by atoms with van der Waals surface area (Å²) in [6.07, 6.45) is 6.27. The predicted octanol–water partition coefficient (Wildman–Crippen LogP) is 5.60. The van der Waals surface area contributed by atoms with E-state index in [9.17, 15) is 9.59 Å². The Kier molecular flexibility index (Phi) is 9.03. The van der Waals surface area contributed by atoms with Gasteiger partial charge in [0, 0.05) is 17.0 Å². The Balaban J connectivity index is 1.47. The number of fused-ring (bicyclic) bond motifs is 1. The molecule has 8 nitrogen and oxygen atoms in total. The summed E-state index contributed by atoms with van der Waals surface area (Å²) < 4.78 is 12.6. The van der Waals surface area contributed by atoms with E-state index < -0.39 is 0 Å². The molecule has 0 fully saturated rings. The summed E-state index contributed by atoms with van der Waals surface area (Å²) in [4.78, 5) is 26.7. The molecule has 1 amide bonds. The van der Waals surface area contributed by atoms with E-state index in [1.54, 1.807) is 0 Å². The normalized spacial score (nSPS) is 13.4. The second-order valence-corrected chi connectivity index (χ2v) is 10.5. The standard InChI is InChI=1S/C26H32N4O4S2/c1-4-30-23(17-12-14-18(15-13-17)34-5-2)28-29-26(30)35-16-21(31)27-24-22(25(32)33-3)19-10-8-6-7-9-11-20(19)36-24/h12-15H,4-11,16H2,1-3H3,(H,27,31). The van der Waals surface area contributed by atoms with E-state index >= 15 is 0 Å². The maximum atomic E-state index is 12.9. The van der Waals surface area contributed by atoms with Crippen LogP contribution in [0.5, 0.6) is 5.75 Å². The van der Waals surface area contributed by atoms with Crippen LogP contribution in [0.2, 0.25) is 0 Å². The first-order valence-corrected chi connectivity index (χ1v) is 14.2. The van der Waals surface area contributed by atoms with Gasteiger partial charge in [-0.05, 0) is 69.4 Å². The van der Waals surface area contributed by atoms with Crippen LogP contribution >= 0.6 is 23.1 Å². The molecule has 1 aliphatic carbocycles. The molecule has 2 heterocycles. The number of nitrogens with zero attached hydrogens (tertiary/aromatic N) is 3. The van der Waals surface area contributed by atoms with Crippen LogP contribution in [-0.4, -0.2) is 46.1 Å². The Hall–Kier alpha value is -2.85. The molecular weight excluding hydrogens is 496 g/mol. The van der Waals surface area contributed by atoms with Crippen LogP contribution in [0.25, 0.3) is 11.4 Å². The topological polar surface area (TPSA) is 95.3 Å². The average molecular weight is 529 g/mol. The van der Waals surface area contributed by atoms with Crippen LogP contribution in [0.15, 0.2) is 29.4 Å². The Morgan fingerprint density at radius 2 is 1.83 bits per heavy atom. The lowest BCUT2D eigenvalue weighted by atomic mass is 9.96. The summed E-state index contributed by atoms with van der Waals surface area (Å²) in [7, 11) is 1.39. The second kappa shape index (κ2) is 12.4. The summed E-state index contributed by atoms with van der Waals surface area (Å²) in [6, 6.07) is 7.74. The smallest absolute Gasteiger partial charge is 0.341 e. The number of aryl methyl sites for hydroxylation is 1. The Bertz CT molecular complexity index is 1200. The third-order valence-corrected chi connectivity index (χ3v) is 8.28. The summed E-state index contributed by atoms with van der Waals surface area (Å²) in [5.41, 5.74) is 2.50. The van der Waals surface area contributed by atoms with Crippen LogP contribution in [0.3, 0.4) is 0 Å². The van der Waals surface area contributed by atoms with Crippen molar-refractivity contribution in [2.24, 2.45) is 0 Å². The van der Waals surface area contributed by atoms with Gasteiger partial charge in [0.05, 0.1) is 25.0 Å². The first-order chi connectivity index (χ1) is 17.5. The van der Waals surface area contributed by atoms with Crippen molar-refractivity contribution in [1.29, 1.82) is 0 Å². The van der Waals surface area contributed by atoms with Crippen molar-refractivity contribution in [3.05, 3.63) is 40.3 Å². The number of aromatic nitrogens is 3. The van der Waals surface area contributed by atoms with E-state index in [1.807, 2.05) is 42.7 Å². The number of thiophene rings is 1. The SMILES string of the molecule is CCOc1ccc(-c2nnc(SCC(=O)Nc3sc4c(c3C(=O)OC)CCCCCC4)n2CC)cc1. The minimum Gasteiger partial charge on any atom is -0.494 e. The molecule has 1 N–H and O–H groups in total. The molecule has 0 aliphatic heterocycles. The number of rotatable bonds is 9. The molecule has 1 aliphatic rings.